The number of nitrogens with one attached hydrogen (secondary N) is 6. The lowest BCUT2D eigenvalue weighted by atomic mass is 10.0. The van der Waals surface area contributed by atoms with Gasteiger partial charge in [-0.2, -0.15) is 4.98 Å². The zero-order chi connectivity index (χ0) is 30.9. The molecule has 224 valence electrons. The van der Waals surface area contributed by atoms with E-state index in [-0.39, 0.29) is 29.5 Å². The van der Waals surface area contributed by atoms with E-state index < -0.39 is 41.8 Å². The molecule has 0 fully saturated rings. The number of hydrogen-bond acceptors (Lipinski definition) is 13. The number of carboxylic acid groups (broad SMARTS) is 2. The Morgan fingerprint density at radius 1 is 1.14 bits per heavy atom. The monoisotopic (exact) mass is 593 g/mol. The van der Waals surface area contributed by atoms with Gasteiger partial charge in [-0.1, -0.05) is 0 Å². The number of H-pyrrole nitrogens is 2. The molecule has 18 heteroatoms. The normalized spacial score (nSPS) is 14.8. The number of nitrogens with zero attached hydrogens (tertiary/aromatic N) is 4. The van der Waals surface area contributed by atoms with Gasteiger partial charge < -0.3 is 47.0 Å². The minimum Gasteiger partial charge on any atom is -0.481 e. The highest BCUT2D eigenvalue weighted by Gasteiger charge is 2.28. The number of aldehydes is 1. The Bertz CT molecular complexity index is 1640. The van der Waals surface area contributed by atoms with Crippen LogP contribution in [0.2, 0.25) is 0 Å². The van der Waals surface area contributed by atoms with E-state index in [0.29, 0.717) is 30.2 Å². The first-order valence-electron chi connectivity index (χ1n) is 12.7. The van der Waals surface area contributed by atoms with E-state index >= 15 is 0 Å². The molecule has 10 N–H and O–H groups in total. The molecule has 1 aliphatic rings. The Morgan fingerprint density at radius 3 is 2.58 bits per heavy atom. The molecule has 0 aliphatic carbocycles. The van der Waals surface area contributed by atoms with Gasteiger partial charge in [0.05, 0.1) is 18.6 Å². The molecule has 5 rings (SSSR count). The first kappa shape index (κ1) is 29.9. The quantitative estimate of drug-likeness (QED) is 0.0827. The summed E-state index contributed by atoms with van der Waals surface area (Å²) in [6.45, 7) is 0.899. The lowest BCUT2D eigenvalue weighted by Gasteiger charge is -2.27. The largest absolute Gasteiger partial charge is 0.481 e. The smallest absolute Gasteiger partial charge is 0.326 e. The van der Waals surface area contributed by atoms with Crippen LogP contribution in [-0.2, 0) is 14.4 Å². The van der Waals surface area contributed by atoms with E-state index in [1.54, 1.807) is 24.7 Å². The zero-order valence-corrected chi connectivity index (χ0v) is 22.3. The molecule has 3 aromatic heterocycles. The molecule has 0 bridgehead atoms. The molecule has 0 saturated carbocycles. The van der Waals surface area contributed by atoms with E-state index in [1.807, 2.05) is 0 Å². The summed E-state index contributed by atoms with van der Waals surface area (Å²) in [5.74, 6) is -4.82. The van der Waals surface area contributed by atoms with Gasteiger partial charge >= 0.3 is 11.9 Å². The Morgan fingerprint density at radius 2 is 1.91 bits per heavy atom. The number of rotatable bonds is 10. The van der Waals surface area contributed by atoms with Crippen LogP contribution in [0.3, 0.4) is 0 Å². The summed E-state index contributed by atoms with van der Waals surface area (Å²) in [6, 6.07) is 4.44. The number of amides is 1. The number of aliphatic carboxylic acids is 2. The molecule has 18 nitrogen and oxygen atoms in total. The summed E-state index contributed by atoms with van der Waals surface area (Å²) >= 11 is 0. The number of carboxylic acids is 2. The van der Waals surface area contributed by atoms with Crippen molar-refractivity contribution in [1.29, 1.82) is 0 Å². The molecular formula is C25H27N11O7. The van der Waals surface area contributed by atoms with Crippen LogP contribution in [-0.4, -0.2) is 89.4 Å². The molecule has 4 heterocycles. The summed E-state index contributed by atoms with van der Waals surface area (Å²) in [5, 5.41) is 29.7. The van der Waals surface area contributed by atoms with Gasteiger partial charge in [-0.25, -0.2) is 19.7 Å². The van der Waals surface area contributed by atoms with Gasteiger partial charge in [0.2, 0.25) is 5.95 Å². The van der Waals surface area contributed by atoms with Gasteiger partial charge in [0.1, 0.15) is 35.8 Å². The minimum atomic E-state index is -1.55. The summed E-state index contributed by atoms with van der Waals surface area (Å²) in [5.41, 5.74) is 7.81. The molecule has 43 heavy (non-hydrogen) atoms. The van der Waals surface area contributed by atoms with Crippen molar-refractivity contribution in [2.45, 2.75) is 18.5 Å². The van der Waals surface area contributed by atoms with Crippen molar-refractivity contribution >= 4 is 58.4 Å². The third-order valence-electron chi connectivity index (χ3n) is 6.17. The second kappa shape index (κ2) is 13.5. The SMILES string of the molecule is Nc1nc2c(c(=O)[nH]1)NC(CNc1ccc(C(=O)NC(CC(C=O)C(=O)O)C(=O)O)cc1)CN2.c1ncc2[nH]cnc2n1. The van der Waals surface area contributed by atoms with Gasteiger partial charge in [0.15, 0.2) is 11.5 Å². The molecule has 3 atom stereocenters. The summed E-state index contributed by atoms with van der Waals surface area (Å²) in [7, 11) is 0. The maximum absolute atomic E-state index is 12.4. The maximum Gasteiger partial charge on any atom is 0.326 e. The molecule has 1 aromatic carbocycles. The van der Waals surface area contributed by atoms with Crippen LogP contribution in [0.1, 0.15) is 16.8 Å². The van der Waals surface area contributed by atoms with Crippen molar-refractivity contribution in [3.63, 3.8) is 0 Å². The third kappa shape index (κ3) is 7.78. The number of anilines is 4. The average molecular weight is 594 g/mol. The Kier molecular flexibility index (Phi) is 9.41. The van der Waals surface area contributed by atoms with Gasteiger partial charge in [-0.3, -0.25) is 19.4 Å². The van der Waals surface area contributed by atoms with Crippen molar-refractivity contribution in [3.05, 3.63) is 59.0 Å². The molecule has 3 unspecified atom stereocenters. The van der Waals surface area contributed by atoms with E-state index in [4.69, 9.17) is 10.8 Å². The second-order valence-electron chi connectivity index (χ2n) is 9.20. The summed E-state index contributed by atoms with van der Waals surface area (Å²) in [4.78, 5) is 78.5. The minimum absolute atomic E-state index is 0.0128. The van der Waals surface area contributed by atoms with E-state index in [1.165, 1.54) is 18.5 Å². The number of nitrogen functional groups attached to an aromatic ring is 1. The fourth-order valence-corrected chi connectivity index (χ4v) is 3.95. The molecule has 1 amide bonds. The van der Waals surface area contributed by atoms with Crippen molar-refractivity contribution < 1.29 is 29.4 Å². The number of carbonyl (C=O) groups is 4. The predicted molar refractivity (Wildman–Crippen MR) is 152 cm³/mol. The summed E-state index contributed by atoms with van der Waals surface area (Å²) in [6.07, 6.45) is 4.32. The number of fused-ring (bicyclic) bond motifs is 2. The molecule has 4 aromatic rings. The number of aromatic amines is 2. The number of carbonyl (C=O) groups excluding carboxylic acids is 2. The summed E-state index contributed by atoms with van der Waals surface area (Å²) < 4.78 is 0. The van der Waals surface area contributed by atoms with Crippen LogP contribution in [0, 0.1) is 5.92 Å². The lowest BCUT2D eigenvalue weighted by Crippen LogP contribution is -2.43. The van der Waals surface area contributed by atoms with E-state index in [0.717, 1.165) is 5.52 Å². The standard InChI is InChI=1S/C20H23N7O7.C5H4N4/c21-20-26-15-14(17(30)27-20)24-12(7-23-15)6-22-11-3-1-9(2-4-11)16(29)25-13(19(33)34)5-10(8-28)18(31)32;1-4-5(8-2-6-1)9-3-7-4/h1-4,8,10,12-13,22,24H,5-7H2,(H,25,29)(H,31,32)(H,33,34)(H4,21,23,26,27,30);1-3H,(H,6,7,8,9). The van der Waals surface area contributed by atoms with E-state index in [9.17, 15) is 29.1 Å². The van der Waals surface area contributed by atoms with Gasteiger partial charge in [0.25, 0.3) is 11.5 Å². The van der Waals surface area contributed by atoms with Crippen LogP contribution in [0.5, 0.6) is 0 Å². The van der Waals surface area contributed by atoms with Crippen LogP contribution in [0.25, 0.3) is 11.2 Å². The highest BCUT2D eigenvalue weighted by molar-refractivity contribution is 5.97. The highest BCUT2D eigenvalue weighted by Crippen LogP contribution is 2.20. The topological polar surface area (TPSA) is 283 Å². The Labute approximate surface area is 241 Å². The first-order chi connectivity index (χ1) is 20.6. The third-order valence-corrected chi connectivity index (χ3v) is 6.17. The maximum atomic E-state index is 12.4. The second-order valence-corrected chi connectivity index (χ2v) is 9.20. The van der Waals surface area contributed by atoms with Crippen LogP contribution in [0.15, 0.2) is 47.9 Å². The van der Waals surface area contributed by atoms with Crippen LogP contribution < -0.4 is 32.6 Å². The number of imidazole rings is 1. The van der Waals surface area contributed by atoms with Crippen LogP contribution >= 0.6 is 0 Å². The molecule has 0 spiro atoms. The fourth-order valence-electron chi connectivity index (χ4n) is 3.95. The van der Waals surface area contributed by atoms with E-state index in [2.05, 4.69) is 51.2 Å². The molecule has 0 saturated heterocycles. The molecular weight excluding hydrogens is 566 g/mol. The van der Waals surface area contributed by atoms with Gasteiger partial charge in [-0.05, 0) is 30.7 Å². The molecule has 0 radical (unpaired) electrons. The molecule has 1 aliphatic heterocycles. The van der Waals surface area contributed by atoms with Crippen LogP contribution in [0.4, 0.5) is 23.1 Å². The fraction of sp³-hybridized carbons (Fsp3) is 0.240. The van der Waals surface area contributed by atoms with Crippen molar-refractivity contribution in [2.75, 3.05) is 34.8 Å². The number of benzene rings is 1. The van der Waals surface area contributed by atoms with Gasteiger partial charge in [-0.15, -0.1) is 0 Å². The van der Waals surface area contributed by atoms with Crippen molar-refractivity contribution in [1.82, 2.24) is 35.2 Å². The average Bonchev–Trinajstić information content (AvgIpc) is 3.47. The first-order valence-corrected chi connectivity index (χ1v) is 12.7. The lowest BCUT2D eigenvalue weighted by molar-refractivity contribution is -0.145. The van der Waals surface area contributed by atoms with Crippen molar-refractivity contribution in [3.8, 4) is 0 Å². The predicted octanol–water partition coefficient (Wildman–Crippen LogP) is -0.504. The highest BCUT2D eigenvalue weighted by atomic mass is 16.4. The number of hydrogen-bond donors (Lipinski definition) is 9. The Balaban J connectivity index is 0.000000395. The van der Waals surface area contributed by atoms with Crippen molar-refractivity contribution in [2.24, 2.45) is 5.92 Å². The van der Waals surface area contributed by atoms with Gasteiger partial charge in [0, 0.05) is 24.3 Å². The zero-order valence-electron chi connectivity index (χ0n) is 22.3. The Hall–Kier alpha value is -6.07. The number of aromatic nitrogens is 6. The number of nitrogens with two attached hydrogens (primary N) is 1.